The SMILES string of the molecule is Fc1ccc(Nc2ncncc2NCl)cc1. The fourth-order valence-electron chi connectivity index (χ4n) is 1.17. The van der Waals surface area contributed by atoms with Gasteiger partial charge in [0.2, 0.25) is 0 Å². The fraction of sp³-hybridized carbons (Fsp3) is 0. The Kier molecular flexibility index (Phi) is 3.16. The molecular formula is C10H8ClFN4. The molecule has 0 radical (unpaired) electrons. The van der Waals surface area contributed by atoms with Crippen molar-refractivity contribution >= 4 is 29.0 Å². The second-order valence-corrected chi connectivity index (χ2v) is 3.20. The minimum atomic E-state index is -0.288. The van der Waals surface area contributed by atoms with Crippen molar-refractivity contribution in [2.75, 3.05) is 10.2 Å². The first-order valence-corrected chi connectivity index (χ1v) is 4.86. The molecule has 0 atom stereocenters. The molecule has 2 aromatic rings. The first-order valence-electron chi connectivity index (χ1n) is 4.49. The van der Waals surface area contributed by atoms with Gasteiger partial charge in [-0.05, 0) is 24.3 Å². The molecule has 0 fully saturated rings. The number of hydrogen-bond acceptors (Lipinski definition) is 4. The Bertz CT molecular complexity index is 475. The van der Waals surface area contributed by atoms with E-state index in [2.05, 4.69) is 20.1 Å². The molecule has 0 aliphatic heterocycles. The average Bonchev–Trinajstić information content (AvgIpc) is 2.33. The Morgan fingerprint density at radius 1 is 1.19 bits per heavy atom. The van der Waals surface area contributed by atoms with Crippen LogP contribution in [0.15, 0.2) is 36.8 Å². The van der Waals surface area contributed by atoms with E-state index in [1.54, 1.807) is 12.1 Å². The van der Waals surface area contributed by atoms with Crippen LogP contribution in [0.5, 0.6) is 0 Å². The molecule has 4 nitrogen and oxygen atoms in total. The normalized spacial score (nSPS) is 9.88. The van der Waals surface area contributed by atoms with E-state index in [0.717, 1.165) is 0 Å². The van der Waals surface area contributed by atoms with Gasteiger partial charge in [0.05, 0.1) is 6.20 Å². The fourth-order valence-corrected chi connectivity index (χ4v) is 1.31. The Hall–Kier alpha value is -1.88. The van der Waals surface area contributed by atoms with Crippen LogP contribution in [0, 0.1) is 5.82 Å². The summed E-state index contributed by atoms with van der Waals surface area (Å²) < 4.78 is 12.7. The smallest absolute Gasteiger partial charge is 0.158 e. The second-order valence-electron chi connectivity index (χ2n) is 3.01. The number of rotatable bonds is 3. The third-order valence-corrected chi connectivity index (χ3v) is 2.12. The average molecular weight is 239 g/mol. The topological polar surface area (TPSA) is 49.8 Å². The highest BCUT2D eigenvalue weighted by atomic mass is 35.5. The largest absolute Gasteiger partial charge is 0.338 e. The number of aromatic nitrogens is 2. The van der Waals surface area contributed by atoms with Gasteiger partial charge < -0.3 is 5.32 Å². The molecule has 1 aromatic heterocycles. The van der Waals surface area contributed by atoms with Crippen LogP contribution in [0.4, 0.5) is 21.6 Å². The molecule has 0 spiro atoms. The van der Waals surface area contributed by atoms with Crippen molar-refractivity contribution in [3.8, 4) is 0 Å². The molecule has 0 amide bonds. The van der Waals surface area contributed by atoms with Crippen LogP contribution in [0.1, 0.15) is 0 Å². The van der Waals surface area contributed by atoms with E-state index >= 15 is 0 Å². The minimum Gasteiger partial charge on any atom is -0.338 e. The van der Waals surface area contributed by atoms with Gasteiger partial charge in [-0.1, -0.05) is 0 Å². The summed E-state index contributed by atoms with van der Waals surface area (Å²) >= 11 is 5.49. The van der Waals surface area contributed by atoms with Crippen molar-refractivity contribution in [3.05, 3.63) is 42.6 Å². The molecule has 0 bridgehead atoms. The molecule has 2 rings (SSSR count). The van der Waals surface area contributed by atoms with Gasteiger partial charge >= 0.3 is 0 Å². The number of anilines is 3. The molecular weight excluding hydrogens is 231 g/mol. The molecule has 6 heteroatoms. The third-order valence-electron chi connectivity index (χ3n) is 1.92. The predicted octanol–water partition coefficient (Wildman–Crippen LogP) is 2.93. The molecule has 82 valence electrons. The Labute approximate surface area is 96.6 Å². The lowest BCUT2D eigenvalue weighted by molar-refractivity contribution is 0.628. The molecule has 0 saturated carbocycles. The standard InChI is InChI=1S/C10H8ClFN4/c11-16-9-5-13-6-14-10(9)15-8-3-1-7(12)2-4-8/h1-6,16H,(H,13,14,15). The first-order chi connectivity index (χ1) is 7.79. The van der Waals surface area contributed by atoms with E-state index < -0.39 is 0 Å². The summed E-state index contributed by atoms with van der Waals surface area (Å²) in [7, 11) is 0. The lowest BCUT2D eigenvalue weighted by atomic mass is 10.3. The summed E-state index contributed by atoms with van der Waals surface area (Å²) in [5, 5.41) is 2.99. The van der Waals surface area contributed by atoms with Crippen LogP contribution in [-0.2, 0) is 0 Å². The lowest BCUT2D eigenvalue weighted by Crippen LogP contribution is -1.97. The Balaban J connectivity index is 2.23. The van der Waals surface area contributed by atoms with Crippen molar-refractivity contribution in [3.63, 3.8) is 0 Å². The maximum Gasteiger partial charge on any atom is 0.158 e. The molecule has 16 heavy (non-hydrogen) atoms. The number of benzene rings is 1. The Morgan fingerprint density at radius 3 is 2.62 bits per heavy atom. The van der Waals surface area contributed by atoms with Crippen molar-refractivity contribution in [1.82, 2.24) is 9.97 Å². The van der Waals surface area contributed by atoms with Gasteiger partial charge in [-0.3, -0.25) is 4.84 Å². The number of nitrogens with zero attached hydrogens (tertiary/aromatic N) is 2. The number of halogens is 2. The highest BCUT2D eigenvalue weighted by molar-refractivity contribution is 6.24. The highest BCUT2D eigenvalue weighted by Crippen LogP contribution is 2.22. The summed E-state index contributed by atoms with van der Waals surface area (Å²) in [5.41, 5.74) is 1.27. The van der Waals surface area contributed by atoms with Crippen LogP contribution in [-0.4, -0.2) is 9.97 Å². The molecule has 1 aromatic carbocycles. The third kappa shape index (κ3) is 2.38. The number of hydrogen-bond donors (Lipinski definition) is 2. The van der Waals surface area contributed by atoms with E-state index in [1.165, 1.54) is 24.7 Å². The zero-order valence-electron chi connectivity index (χ0n) is 8.11. The zero-order chi connectivity index (χ0) is 11.4. The van der Waals surface area contributed by atoms with Gasteiger partial charge in [0.15, 0.2) is 5.82 Å². The monoisotopic (exact) mass is 238 g/mol. The molecule has 0 aliphatic carbocycles. The summed E-state index contributed by atoms with van der Waals surface area (Å²) in [6, 6.07) is 5.93. The lowest BCUT2D eigenvalue weighted by Gasteiger charge is -2.08. The van der Waals surface area contributed by atoms with E-state index in [0.29, 0.717) is 17.2 Å². The van der Waals surface area contributed by atoms with Crippen molar-refractivity contribution in [2.45, 2.75) is 0 Å². The maximum absolute atomic E-state index is 12.7. The molecule has 2 N–H and O–H groups in total. The highest BCUT2D eigenvalue weighted by Gasteiger charge is 2.02. The zero-order valence-corrected chi connectivity index (χ0v) is 8.87. The predicted molar refractivity (Wildman–Crippen MR) is 61.2 cm³/mol. The van der Waals surface area contributed by atoms with Crippen molar-refractivity contribution in [1.29, 1.82) is 0 Å². The summed E-state index contributed by atoms with van der Waals surface area (Å²) in [6.45, 7) is 0. The quantitative estimate of drug-likeness (QED) is 0.808. The van der Waals surface area contributed by atoms with Crippen LogP contribution in [0.2, 0.25) is 0 Å². The summed E-state index contributed by atoms with van der Waals surface area (Å²) in [4.78, 5) is 10.3. The minimum absolute atomic E-state index is 0.288. The summed E-state index contributed by atoms with van der Waals surface area (Å²) in [6.07, 6.45) is 2.93. The van der Waals surface area contributed by atoms with Gasteiger partial charge in [-0.15, -0.1) is 0 Å². The van der Waals surface area contributed by atoms with Crippen LogP contribution < -0.4 is 10.2 Å². The van der Waals surface area contributed by atoms with E-state index in [9.17, 15) is 4.39 Å². The van der Waals surface area contributed by atoms with Gasteiger partial charge in [-0.2, -0.15) is 0 Å². The van der Waals surface area contributed by atoms with Gasteiger partial charge in [0.1, 0.15) is 17.8 Å². The van der Waals surface area contributed by atoms with Crippen LogP contribution in [0.3, 0.4) is 0 Å². The molecule has 1 heterocycles. The van der Waals surface area contributed by atoms with E-state index in [4.69, 9.17) is 11.8 Å². The van der Waals surface area contributed by atoms with Crippen molar-refractivity contribution in [2.24, 2.45) is 0 Å². The van der Waals surface area contributed by atoms with Crippen LogP contribution in [0.25, 0.3) is 0 Å². The summed E-state index contributed by atoms with van der Waals surface area (Å²) in [5.74, 6) is 0.237. The molecule has 0 aliphatic rings. The molecule has 0 saturated heterocycles. The van der Waals surface area contributed by atoms with E-state index in [1.807, 2.05) is 0 Å². The first kappa shape index (κ1) is 10.6. The van der Waals surface area contributed by atoms with Gasteiger partial charge in [-0.25, -0.2) is 14.4 Å². The van der Waals surface area contributed by atoms with E-state index in [-0.39, 0.29) is 5.82 Å². The second kappa shape index (κ2) is 4.76. The molecule has 0 unspecified atom stereocenters. The Morgan fingerprint density at radius 2 is 1.94 bits per heavy atom. The maximum atomic E-state index is 12.7. The van der Waals surface area contributed by atoms with Gasteiger partial charge in [0, 0.05) is 17.5 Å². The van der Waals surface area contributed by atoms with Crippen molar-refractivity contribution < 1.29 is 4.39 Å². The number of nitrogens with one attached hydrogen (secondary N) is 2. The van der Waals surface area contributed by atoms with Gasteiger partial charge in [0.25, 0.3) is 0 Å². The van der Waals surface area contributed by atoms with Crippen LogP contribution >= 0.6 is 11.8 Å².